The van der Waals surface area contributed by atoms with Gasteiger partial charge in [-0.15, -0.1) is 0 Å². The van der Waals surface area contributed by atoms with E-state index in [1.54, 1.807) is 24.3 Å². The van der Waals surface area contributed by atoms with Gasteiger partial charge in [0, 0.05) is 0 Å². The summed E-state index contributed by atoms with van der Waals surface area (Å²) in [4.78, 5) is 0.108. The van der Waals surface area contributed by atoms with E-state index < -0.39 is 10.0 Å². The molecular weight excluding hydrogens is 366 g/mol. The summed E-state index contributed by atoms with van der Waals surface area (Å²) in [5.74, 6) is 0. The zero-order valence-corrected chi connectivity index (χ0v) is 16.3. The van der Waals surface area contributed by atoms with E-state index in [4.69, 9.17) is 11.6 Å². The van der Waals surface area contributed by atoms with E-state index in [0.717, 1.165) is 16.7 Å². The molecule has 3 nitrogen and oxygen atoms in total. The van der Waals surface area contributed by atoms with E-state index >= 15 is 0 Å². The standard InChI is InChI=1S/C21H20ClNO2S/c1-16-8-7-11-19(14-16)23(15-18-10-4-3-9-17(18)2)26(24,25)21-13-6-5-12-20(21)22/h3-14H,15H2,1-2H3. The SMILES string of the molecule is Cc1cccc(N(Cc2ccccc2C)S(=O)(=O)c2ccccc2Cl)c1. The van der Waals surface area contributed by atoms with Crippen LogP contribution >= 0.6 is 11.6 Å². The van der Waals surface area contributed by atoms with Crippen LogP contribution in [0.2, 0.25) is 5.02 Å². The van der Waals surface area contributed by atoms with Crippen molar-refractivity contribution in [1.29, 1.82) is 0 Å². The van der Waals surface area contributed by atoms with Crippen LogP contribution in [0.4, 0.5) is 5.69 Å². The zero-order valence-electron chi connectivity index (χ0n) is 14.7. The first-order valence-corrected chi connectivity index (χ1v) is 10.1. The van der Waals surface area contributed by atoms with Crippen LogP contribution in [0, 0.1) is 13.8 Å². The Morgan fingerprint density at radius 1 is 0.885 bits per heavy atom. The molecule has 5 heteroatoms. The Balaban J connectivity index is 2.15. The van der Waals surface area contributed by atoms with Gasteiger partial charge in [0.05, 0.1) is 17.3 Å². The Kier molecular flexibility index (Phi) is 5.35. The number of anilines is 1. The fraction of sp³-hybridized carbons (Fsp3) is 0.143. The summed E-state index contributed by atoms with van der Waals surface area (Å²) in [5.41, 5.74) is 3.60. The minimum absolute atomic E-state index is 0.108. The molecule has 26 heavy (non-hydrogen) atoms. The molecule has 0 N–H and O–H groups in total. The molecule has 0 bridgehead atoms. The van der Waals surface area contributed by atoms with Crippen LogP contribution in [-0.2, 0) is 16.6 Å². The lowest BCUT2D eigenvalue weighted by molar-refractivity contribution is 0.590. The van der Waals surface area contributed by atoms with Crippen molar-refractivity contribution in [2.45, 2.75) is 25.3 Å². The monoisotopic (exact) mass is 385 g/mol. The molecule has 0 radical (unpaired) electrons. The lowest BCUT2D eigenvalue weighted by Gasteiger charge is -2.26. The summed E-state index contributed by atoms with van der Waals surface area (Å²) >= 11 is 6.20. The fourth-order valence-corrected chi connectivity index (χ4v) is 4.74. The van der Waals surface area contributed by atoms with Crippen LogP contribution in [0.3, 0.4) is 0 Å². The van der Waals surface area contributed by atoms with Gasteiger partial charge in [-0.05, 0) is 54.8 Å². The molecule has 0 amide bonds. The minimum Gasteiger partial charge on any atom is -0.262 e. The third kappa shape index (κ3) is 3.76. The molecule has 3 rings (SSSR count). The van der Waals surface area contributed by atoms with Gasteiger partial charge in [0.2, 0.25) is 0 Å². The molecule has 0 aliphatic heterocycles. The van der Waals surface area contributed by atoms with Gasteiger partial charge in [0.1, 0.15) is 4.90 Å². The number of hydrogen-bond donors (Lipinski definition) is 0. The van der Waals surface area contributed by atoms with Crippen LogP contribution in [-0.4, -0.2) is 8.42 Å². The minimum atomic E-state index is -3.82. The van der Waals surface area contributed by atoms with Gasteiger partial charge in [-0.2, -0.15) is 0 Å². The van der Waals surface area contributed by atoms with Crippen molar-refractivity contribution in [3.63, 3.8) is 0 Å². The van der Waals surface area contributed by atoms with Crippen LogP contribution in [0.25, 0.3) is 0 Å². The van der Waals surface area contributed by atoms with Crippen molar-refractivity contribution in [1.82, 2.24) is 0 Å². The molecule has 0 heterocycles. The van der Waals surface area contributed by atoms with Crippen LogP contribution in [0.5, 0.6) is 0 Å². The number of benzene rings is 3. The second-order valence-corrected chi connectivity index (χ2v) is 8.45. The summed E-state index contributed by atoms with van der Waals surface area (Å²) in [6.45, 7) is 4.16. The van der Waals surface area contributed by atoms with Crippen molar-refractivity contribution in [2.24, 2.45) is 0 Å². The van der Waals surface area contributed by atoms with Crippen molar-refractivity contribution in [3.8, 4) is 0 Å². The summed E-state index contributed by atoms with van der Waals surface area (Å²) in [6, 6.07) is 21.8. The van der Waals surface area contributed by atoms with Crippen molar-refractivity contribution >= 4 is 27.3 Å². The highest BCUT2D eigenvalue weighted by Gasteiger charge is 2.27. The largest absolute Gasteiger partial charge is 0.266 e. The van der Waals surface area contributed by atoms with E-state index in [0.29, 0.717) is 5.69 Å². The Hall–Kier alpha value is -2.30. The Morgan fingerprint density at radius 2 is 1.58 bits per heavy atom. The summed E-state index contributed by atoms with van der Waals surface area (Å²) in [5, 5.41) is 0.218. The van der Waals surface area contributed by atoms with Gasteiger partial charge >= 0.3 is 0 Å². The average Bonchev–Trinajstić information content (AvgIpc) is 2.61. The van der Waals surface area contributed by atoms with Gasteiger partial charge in [-0.3, -0.25) is 4.31 Å². The summed E-state index contributed by atoms with van der Waals surface area (Å²) in [6.07, 6.45) is 0. The van der Waals surface area contributed by atoms with Crippen molar-refractivity contribution < 1.29 is 8.42 Å². The maximum Gasteiger partial charge on any atom is 0.266 e. The molecule has 3 aromatic carbocycles. The predicted octanol–water partition coefficient (Wildman–Crippen LogP) is 5.35. The Labute approximate surface area is 159 Å². The molecule has 0 aliphatic carbocycles. The van der Waals surface area contributed by atoms with E-state index in [-0.39, 0.29) is 16.5 Å². The fourth-order valence-electron chi connectivity index (χ4n) is 2.81. The van der Waals surface area contributed by atoms with Crippen LogP contribution in [0.15, 0.2) is 77.7 Å². The lowest BCUT2D eigenvalue weighted by atomic mass is 10.1. The van der Waals surface area contributed by atoms with Crippen LogP contribution < -0.4 is 4.31 Å². The first-order chi connectivity index (χ1) is 12.4. The van der Waals surface area contributed by atoms with Gasteiger partial charge in [0.25, 0.3) is 10.0 Å². The normalized spacial score (nSPS) is 11.3. The number of hydrogen-bond acceptors (Lipinski definition) is 2. The number of sulfonamides is 1. The summed E-state index contributed by atoms with van der Waals surface area (Å²) < 4.78 is 28.3. The first-order valence-electron chi connectivity index (χ1n) is 8.28. The van der Waals surface area contributed by atoms with E-state index in [1.165, 1.54) is 10.4 Å². The molecule has 0 saturated carbocycles. The molecule has 0 saturated heterocycles. The third-order valence-corrected chi connectivity index (χ3v) is 6.54. The molecule has 3 aromatic rings. The van der Waals surface area contributed by atoms with Gasteiger partial charge in [-0.1, -0.05) is 60.1 Å². The first kappa shape index (κ1) is 18.5. The van der Waals surface area contributed by atoms with Crippen molar-refractivity contribution in [2.75, 3.05) is 4.31 Å². The number of halogens is 1. The lowest BCUT2D eigenvalue weighted by Crippen LogP contribution is -2.31. The number of aryl methyl sites for hydroxylation is 2. The molecular formula is C21H20ClNO2S. The van der Waals surface area contributed by atoms with Gasteiger partial charge in [-0.25, -0.2) is 8.42 Å². The van der Waals surface area contributed by atoms with Gasteiger partial charge < -0.3 is 0 Å². The molecule has 0 fully saturated rings. The highest BCUT2D eigenvalue weighted by molar-refractivity contribution is 7.93. The van der Waals surface area contributed by atoms with E-state index in [1.807, 2.05) is 56.3 Å². The third-order valence-electron chi connectivity index (χ3n) is 4.27. The maximum atomic E-state index is 13.4. The van der Waals surface area contributed by atoms with Crippen LogP contribution in [0.1, 0.15) is 16.7 Å². The quantitative estimate of drug-likeness (QED) is 0.593. The molecule has 0 aliphatic rings. The molecule has 0 atom stereocenters. The Morgan fingerprint density at radius 3 is 2.27 bits per heavy atom. The average molecular weight is 386 g/mol. The number of nitrogens with zero attached hydrogens (tertiary/aromatic N) is 1. The molecule has 134 valence electrons. The molecule has 0 aromatic heterocycles. The Bertz CT molecular complexity index is 1030. The number of rotatable bonds is 5. The predicted molar refractivity (Wildman–Crippen MR) is 107 cm³/mol. The maximum absolute atomic E-state index is 13.4. The smallest absolute Gasteiger partial charge is 0.262 e. The second-order valence-electron chi connectivity index (χ2n) is 6.21. The van der Waals surface area contributed by atoms with E-state index in [2.05, 4.69) is 0 Å². The van der Waals surface area contributed by atoms with Gasteiger partial charge in [0.15, 0.2) is 0 Å². The molecule has 0 spiro atoms. The van der Waals surface area contributed by atoms with Crippen molar-refractivity contribution in [3.05, 3.63) is 94.5 Å². The zero-order chi connectivity index (χ0) is 18.7. The topological polar surface area (TPSA) is 37.4 Å². The van der Waals surface area contributed by atoms with E-state index in [9.17, 15) is 8.42 Å². The second kappa shape index (κ2) is 7.52. The highest BCUT2D eigenvalue weighted by Crippen LogP contribution is 2.30. The highest BCUT2D eigenvalue weighted by atomic mass is 35.5. The summed E-state index contributed by atoms with van der Waals surface area (Å²) in [7, 11) is -3.82. The molecule has 0 unspecified atom stereocenters.